The second-order valence-corrected chi connectivity index (χ2v) is 4.02. The van der Waals surface area contributed by atoms with E-state index >= 15 is 0 Å². The number of fused-ring (bicyclic) bond motifs is 1. The van der Waals surface area contributed by atoms with Gasteiger partial charge in [-0.3, -0.25) is 4.79 Å². The number of Topliss-reactive ketones (excluding diaryl/α,β-unsaturated/α-hetero) is 1. The van der Waals surface area contributed by atoms with E-state index in [-0.39, 0.29) is 18.5 Å². The maximum atomic E-state index is 10.8. The number of benzene rings is 1. The third-order valence-corrected chi connectivity index (χ3v) is 2.49. The summed E-state index contributed by atoms with van der Waals surface area (Å²) in [6, 6.07) is 5.60. The van der Waals surface area contributed by atoms with Gasteiger partial charge in [0.1, 0.15) is 19.0 Å². The van der Waals surface area contributed by atoms with E-state index in [2.05, 4.69) is 0 Å². The maximum Gasteiger partial charge on any atom is 0.155 e. The fraction of sp³-hybridized carbons (Fsp3) is 0.417. The van der Waals surface area contributed by atoms with Gasteiger partial charge in [-0.15, -0.1) is 0 Å². The maximum absolute atomic E-state index is 10.8. The molecule has 0 amide bonds. The van der Waals surface area contributed by atoms with E-state index < -0.39 is 0 Å². The molecule has 2 N–H and O–H groups in total. The monoisotopic (exact) mass is 221 g/mol. The van der Waals surface area contributed by atoms with Crippen LogP contribution in [0.4, 0.5) is 5.69 Å². The fourth-order valence-corrected chi connectivity index (χ4v) is 1.70. The third kappa shape index (κ3) is 2.52. The Bertz CT molecular complexity index is 403. The number of hydrogen-bond acceptors (Lipinski definition) is 4. The number of nitrogen functional groups attached to an aromatic ring is 1. The van der Waals surface area contributed by atoms with Crippen molar-refractivity contribution in [3.63, 3.8) is 0 Å². The Hall–Kier alpha value is -1.55. The molecule has 0 radical (unpaired) electrons. The van der Waals surface area contributed by atoms with Crippen LogP contribution in [0.3, 0.4) is 0 Å². The van der Waals surface area contributed by atoms with E-state index in [0.29, 0.717) is 12.3 Å². The van der Waals surface area contributed by atoms with Crippen LogP contribution < -0.4 is 10.5 Å². The van der Waals surface area contributed by atoms with Crippen molar-refractivity contribution < 1.29 is 14.3 Å². The lowest BCUT2D eigenvalue weighted by Crippen LogP contribution is -2.30. The van der Waals surface area contributed by atoms with Crippen molar-refractivity contribution >= 4 is 11.5 Å². The van der Waals surface area contributed by atoms with Gasteiger partial charge in [0.25, 0.3) is 0 Å². The average molecular weight is 221 g/mol. The zero-order chi connectivity index (χ0) is 11.5. The van der Waals surface area contributed by atoms with Crippen molar-refractivity contribution in [3.8, 4) is 5.75 Å². The first-order chi connectivity index (χ1) is 7.65. The Morgan fingerprint density at radius 3 is 3.19 bits per heavy atom. The number of rotatable bonds is 3. The second kappa shape index (κ2) is 4.53. The van der Waals surface area contributed by atoms with E-state index in [9.17, 15) is 4.79 Å². The van der Waals surface area contributed by atoms with E-state index in [0.717, 1.165) is 17.7 Å². The topological polar surface area (TPSA) is 61.5 Å². The molecule has 1 aliphatic heterocycles. The molecule has 0 aromatic heterocycles. The minimum atomic E-state index is -0.0416. The molecule has 4 nitrogen and oxygen atoms in total. The van der Waals surface area contributed by atoms with Crippen LogP contribution in [0.15, 0.2) is 18.2 Å². The van der Waals surface area contributed by atoms with E-state index in [1.165, 1.54) is 6.92 Å². The van der Waals surface area contributed by atoms with Gasteiger partial charge in [-0.05, 0) is 18.6 Å². The number of carbonyl (C=O) groups excluding carboxylic acids is 1. The van der Waals surface area contributed by atoms with Crippen LogP contribution in [0.5, 0.6) is 5.75 Å². The van der Waals surface area contributed by atoms with Crippen molar-refractivity contribution in [1.82, 2.24) is 0 Å². The zero-order valence-corrected chi connectivity index (χ0v) is 9.23. The Morgan fingerprint density at radius 2 is 2.44 bits per heavy atom. The Balaban J connectivity index is 2.01. The summed E-state index contributed by atoms with van der Waals surface area (Å²) >= 11 is 0. The molecule has 0 fully saturated rings. The molecule has 0 saturated carbocycles. The summed E-state index contributed by atoms with van der Waals surface area (Å²) in [5.74, 6) is 0.853. The van der Waals surface area contributed by atoms with Crippen molar-refractivity contribution in [2.45, 2.75) is 19.4 Å². The van der Waals surface area contributed by atoms with Crippen molar-refractivity contribution in [2.24, 2.45) is 0 Å². The first-order valence-corrected chi connectivity index (χ1v) is 5.27. The molecule has 1 atom stereocenters. The van der Waals surface area contributed by atoms with Gasteiger partial charge in [0, 0.05) is 18.2 Å². The average Bonchev–Trinajstić information content (AvgIpc) is 2.26. The summed E-state index contributed by atoms with van der Waals surface area (Å²) in [6.07, 6.45) is 0.725. The number of anilines is 1. The van der Waals surface area contributed by atoms with Crippen molar-refractivity contribution in [2.75, 3.05) is 18.9 Å². The van der Waals surface area contributed by atoms with Crippen LogP contribution >= 0.6 is 0 Å². The van der Waals surface area contributed by atoms with E-state index in [4.69, 9.17) is 15.2 Å². The molecule has 1 aromatic carbocycles. The lowest BCUT2D eigenvalue weighted by molar-refractivity contribution is -0.124. The molecule has 2 rings (SSSR count). The molecule has 0 saturated heterocycles. The molecule has 1 heterocycles. The van der Waals surface area contributed by atoms with E-state index in [1.807, 2.05) is 18.2 Å². The molecule has 16 heavy (non-hydrogen) atoms. The molecule has 0 aliphatic carbocycles. The van der Waals surface area contributed by atoms with E-state index in [1.54, 1.807) is 0 Å². The van der Waals surface area contributed by atoms with Crippen LogP contribution in [0.1, 0.15) is 12.5 Å². The lowest BCUT2D eigenvalue weighted by Gasteiger charge is -2.25. The lowest BCUT2D eigenvalue weighted by atomic mass is 10.0. The first kappa shape index (κ1) is 11.0. The Labute approximate surface area is 94.3 Å². The summed E-state index contributed by atoms with van der Waals surface area (Å²) in [5, 5.41) is 0. The molecular formula is C12H15NO3. The predicted octanol–water partition coefficient (Wildman–Crippen LogP) is 1.18. The summed E-state index contributed by atoms with van der Waals surface area (Å²) in [7, 11) is 0. The van der Waals surface area contributed by atoms with Crippen molar-refractivity contribution in [3.05, 3.63) is 23.8 Å². The summed E-state index contributed by atoms with van der Waals surface area (Å²) in [4.78, 5) is 10.8. The largest absolute Gasteiger partial charge is 0.491 e. The Morgan fingerprint density at radius 1 is 1.62 bits per heavy atom. The molecule has 1 aromatic rings. The normalized spacial score (nSPS) is 18.7. The molecule has 4 heteroatoms. The fourth-order valence-electron chi connectivity index (χ4n) is 1.70. The molecular weight excluding hydrogens is 206 g/mol. The smallest absolute Gasteiger partial charge is 0.155 e. The quantitative estimate of drug-likeness (QED) is 0.778. The highest BCUT2D eigenvalue weighted by molar-refractivity contribution is 5.76. The number of hydrogen-bond donors (Lipinski definition) is 1. The molecule has 0 bridgehead atoms. The van der Waals surface area contributed by atoms with Gasteiger partial charge in [-0.2, -0.15) is 0 Å². The minimum absolute atomic E-state index is 0.0307. The van der Waals surface area contributed by atoms with Gasteiger partial charge in [0.15, 0.2) is 5.78 Å². The van der Waals surface area contributed by atoms with Gasteiger partial charge in [-0.25, -0.2) is 0 Å². The molecule has 1 unspecified atom stereocenters. The number of ketones is 1. The highest BCUT2D eigenvalue weighted by Gasteiger charge is 2.20. The number of carbonyl (C=O) groups is 1. The van der Waals surface area contributed by atoms with Crippen LogP contribution in [0.2, 0.25) is 0 Å². The van der Waals surface area contributed by atoms with Gasteiger partial charge in [0.05, 0.1) is 6.10 Å². The second-order valence-electron chi connectivity index (χ2n) is 4.02. The number of ether oxygens (including phenoxy) is 2. The minimum Gasteiger partial charge on any atom is -0.491 e. The van der Waals surface area contributed by atoms with Crippen LogP contribution in [-0.4, -0.2) is 25.1 Å². The SMILES string of the molecule is CC(=O)COC1COc2cc(N)ccc2C1. The van der Waals surface area contributed by atoms with Gasteiger partial charge < -0.3 is 15.2 Å². The first-order valence-electron chi connectivity index (χ1n) is 5.27. The predicted molar refractivity (Wildman–Crippen MR) is 60.5 cm³/mol. The van der Waals surface area contributed by atoms with Crippen LogP contribution in [0.25, 0.3) is 0 Å². The summed E-state index contributed by atoms with van der Waals surface area (Å²) in [6.45, 7) is 2.14. The zero-order valence-electron chi connectivity index (χ0n) is 9.23. The third-order valence-electron chi connectivity index (χ3n) is 2.49. The Kier molecular flexibility index (Phi) is 3.10. The summed E-state index contributed by atoms with van der Waals surface area (Å²) < 4.78 is 11.0. The van der Waals surface area contributed by atoms with Gasteiger partial charge >= 0.3 is 0 Å². The van der Waals surface area contributed by atoms with Crippen LogP contribution in [0, 0.1) is 0 Å². The standard InChI is InChI=1S/C12H15NO3/c1-8(14)6-15-11-4-9-2-3-10(13)5-12(9)16-7-11/h2-3,5,11H,4,6-7,13H2,1H3. The van der Waals surface area contributed by atoms with Gasteiger partial charge in [-0.1, -0.05) is 6.07 Å². The highest BCUT2D eigenvalue weighted by atomic mass is 16.5. The summed E-state index contributed by atoms with van der Waals surface area (Å²) in [5.41, 5.74) is 7.43. The highest BCUT2D eigenvalue weighted by Crippen LogP contribution is 2.27. The molecule has 0 spiro atoms. The molecule has 1 aliphatic rings. The van der Waals surface area contributed by atoms with Crippen molar-refractivity contribution in [1.29, 1.82) is 0 Å². The molecule has 86 valence electrons. The number of nitrogens with two attached hydrogens (primary N) is 1. The van der Waals surface area contributed by atoms with Gasteiger partial charge in [0.2, 0.25) is 0 Å². The van der Waals surface area contributed by atoms with Crippen LogP contribution in [-0.2, 0) is 16.0 Å².